The average molecular weight is 276 g/mol. The summed E-state index contributed by atoms with van der Waals surface area (Å²) in [7, 11) is 0. The summed E-state index contributed by atoms with van der Waals surface area (Å²) >= 11 is 0. The van der Waals surface area contributed by atoms with Crippen molar-refractivity contribution in [2.24, 2.45) is 5.84 Å². The molecule has 0 saturated heterocycles. The molecule has 0 aliphatic heterocycles. The Balaban J connectivity index is 3.17. The molecule has 0 bridgehead atoms. The van der Waals surface area contributed by atoms with Crippen LogP contribution in [0.5, 0.6) is 0 Å². The number of halogens is 3. The van der Waals surface area contributed by atoms with Crippen LogP contribution in [0.3, 0.4) is 0 Å². The molecule has 0 aliphatic rings. The number of nitrogens with one attached hydrogen (secondary N) is 1. The van der Waals surface area contributed by atoms with Crippen LogP contribution < -0.4 is 16.2 Å². The highest BCUT2D eigenvalue weighted by molar-refractivity contribution is 5.50. The molecule has 0 unspecified atom stereocenters. The molecule has 0 aromatic carbocycles. The van der Waals surface area contributed by atoms with Crippen LogP contribution >= 0.6 is 0 Å². The molecule has 1 aromatic rings. The van der Waals surface area contributed by atoms with Crippen LogP contribution in [-0.2, 0) is 6.18 Å². The number of hydrazine groups is 1. The predicted molar refractivity (Wildman–Crippen MR) is 69.8 cm³/mol. The third-order valence-electron chi connectivity index (χ3n) is 2.60. The van der Waals surface area contributed by atoms with Crippen molar-refractivity contribution in [1.82, 2.24) is 4.98 Å². The number of hydrogen-bond donors (Lipinski definition) is 2. The summed E-state index contributed by atoms with van der Waals surface area (Å²) in [6.45, 7) is 5.26. The molecule has 19 heavy (non-hydrogen) atoms. The standard InChI is InChI=1S/C12H19F3N4/c1-3-5-19(6-4-2)11-8-9(12(13,14)15)7-10(17-11)18-16/h7-8H,3-6,16H2,1-2H3,(H,17,18). The molecular formula is C12H19F3N4. The minimum absolute atomic E-state index is 0.0158. The highest BCUT2D eigenvalue weighted by Crippen LogP contribution is 2.32. The van der Waals surface area contributed by atoms with Crippen LogP contribution in [-0.4, -0.2) is 18.1 Å². The lowest BCUT2D eigenvalue weighted by molar-refractivity contribution is -0.137. The number of anilines is 2. The van der Waals surface area contributed by atoms with E-state index in [0.29, 0.717) is 18.9 Å². The summed E-state index contributed by atoms with van der Waals surface area (Å²) < 4.78 is 38.4. The van der Waals surface area contributed by atoms with Crippen molar-refractivity contribution in [3.05, 3.63) is 17.7 Å². The first-order valence-corrected chi connectivity index (χ1v) is 6.23. The fourth-order valence-electron chi connectivity index (χ4n) is 1.80. The number of nitrogens with two attached hydrogens (primary N) is 1. The third-order valence-corrected chi connectivity index (χ3v) is 2.60. The Morgan fingerprint density at radius 2 is 1.79 bits per heavy atom. The molecule has 3 N–H and O–H groups in total. The third kappa shape index (κ3) is 4.27. The summed E-state index contributed by atoms with van der Waals surface area (Å²) in [6.07, 6.45) is -2.74. The fraction of sp³-hybridized carbons (Fsp3) is 0.583. The number of alkyl halides is 3. The molecule has 0 aliphatic carbocycles. The second-order valence-corrected chi connectivity index (χ2v) is 4.23. The molecule has 0 radical (unpaired) electrons. The molecule has 0 fully saturated rings. The van der Waals surface area contributed by atoms with Gasteiger partial charge in [0.1, 0.15) is 11.6 Å². The summed E-state index contributed by atoms with van der Waals surface area (Å²) in [5, 5.41) is 0. The number of nitrogens with zero attached hydrogens (tertiary/aromatic N) is 2. The summed E-state index contributed by atoms with van der Waals surface area (Å²) in [4.78, 5) is 5.92. The lowest BCUT2D eigenvalue weighted by Gasteiger charge is -2.24. The van der Waals surface area contributed by atoms with E-state index in [4.69, 9.17) is 5.84 Å². The highest BCUT2D eigenvalue weighted by Gasteiger charge is 2.32. The summed E-state index contributed by atoms with van der Waals surface area (Å²) in [5.41, 5.74) is 1.43. The second kappa shape index (κ2) is 6.60. The number of aromatic nitrogens is 1. The minimum Gasteiger partial charge on any atom is -0.357 e. The first kappa shape index (κ1) is 15.6. The van der Waals surface area contributed by atoms with Crippen molar-refractivity contribution < 1.29 is 13.2 Å². The largest absolute Gasteiger partial charge is 0.416 e. The molecule has 0 spiro atoms. The Morgan fingerprint density at radius 1 is 1.21 bits per heavy atom. The molecule has 7 heteroatoms. The average Bonchev–Trinajstić information content (AvgIpc) is 2.37. The Labute approximate surface area is 110 Å². The van der Waals surface area contributed by atoms with Crippen molar-refractivity contribution >= 4 is 11.6 Å². The summed E-state index contributed by atoms with van der Waals surface area (Å²) in [5.74, 6) is 5.49. The van der Waals surface area contributed by atoms with Crippen LogP contribution in [0.15, 0.2) is 12.1 Å². The van der Waals surface area contributed by atoms with E-state index >= 15 is 0 Å². The van der Waals surface area contributed by atoms with Gasteiger partial charge in [-0.2, -0.15) is 13.2 Å². The van der Waals surface area contributed by atoms with E-state index in [9.17, 15) is 13.2 Å². The highest BCUT2D eigenvalue weighted by atomic mass is 19.4. The monoisotopic (exact) mass is 276 g/mol. The maximum absolute atomic E-state index is 12.8. The Bertz CT molecular complexity index is 400. The molecular weight excluding hydrogens is 257 g/mol. The van der Waals surface area contributed by atoms with E-state index in [1.54, 1.807) is 0 Å². The van der Waals surface area contributed by atoms with E-state index in [1.165, 1.54) is 0 Å². The van der Waals surface area contributed by atoms with Crippen LogP contribution in [0, 0.1) is 0 Å². The van der Waals surface area contributed by atoms with Crippen LogP contribution in [0.4, 0.5) is 24.8 Å². The molecule has 4 nitrogen and oxygen atoms in total. The zero-order chi connectivity index (χ0) is 14.5. The van der Waals surface area contributed by atoms with Crippen molar-refractivity contribution in [3.8, 4) is 0 Å². The van der Waals surface area contributed by atoms with Gasteiger partial charge >= 0.3 is 6.18 Å². The van der Waals surface area contributed by atoms with Gasteiger partial charge in [0.05, 0.1) is 5.56 Å². The molecule has 108 valence electrons. The van der Waals surface area contributed by atoms with E-state index in [2.05, 4.69) is 10.4 Å². The van der Waals surface area contributed by atoms with Crippen LogP contribution in [0.2, 0.25) is 0 Å². The van der Waals surface area contributed by atoms with Gasteiger partial charge in [-0.25, -0.2) is 10.8 Å². The van der Waals surface area contributed by atoms with Gasteiger partial charge in [-0.1, -0.05) is 13.8 Å². The lowest BCUT2D eigenvalue weighted by Crippen LogP contribution is -2.27. The van der Waals surface area contributed by atoms with Crippen LogP contribution in [0.25, 0.3) is 0 Å². The smallest absolute Gasteiger partial charge is 0.357 e. The van der Waals surface area contributed by atoms with Gasteiger partial charge in [0.15, 0.2) is 0 Å². The number of pyridine rings is 1. The minimum atomic E-state index is -4.41. The zero-order valence-electron chi connectivity index (χ0n) is 11.1. The number of rotatable bonds is 6. The van der Waals surface area contributed by atoms with E-state index < -0.39 is 11.7 Å². The van der Waals surface area contributed by atoms with Gasteiger partial charge in [-0.15, -0.1) is 0 Å². The number of hydrogen-bond acceptors (Lipinski definition) is 4. The van der Waals surface area contributed by atoms with Crippen molar-refractivity contribution in [2.45, 2.75) is 32.9 Å². The lowest BCUT2D eigenvalue weighted by atomic mass is 10.2. The maximum atomic E-state index is 12.8. The molecule has 0 atom stereocenters. The molecule has 0 saturated carbocycles. The van der Waals surface area contributed by atoms with Gasteiger partial charge in [0.25, 0.3) is 0 Å². The van der Waals surface area contributed by atoms with Gasteiger partial charge in [-0.3, -0.25) is 0 Å². The molecule has 1 rings (SSSR count). The quantitative estimate of drug-likeness (QED) is 0.619. The maximum Gasteiger partial charge on any atom is 0.416 e. The van der Waals surface area contributed by atoms with Gasteiger partial charge in [-0.05, 0) is 25.0 Å². The molecule has 1 heterocycles. The second-order valence-electron chi connectivity index (χ2n) is 4.23. The van der Waals surface area contributed by atoms with E-state index in [0.717, 1.165) is 25.0 Å². The van der Waals surface area contributed by atoms with E-state index in [1.807, 2.05) is 18.7 Å². The Hall–Kier alpha value is -1.50. The summed E-state index contributed by atoms with van der Waals surface area (Å²) in [6, 6.07) is 1.96. The van der Waals surface area contributed by atoms with Gasteiger partial charge < -0.3 is 10.3 Å². The number of nitrogen functional groups attached to an aromatic ring is 1. The van der Waals surface area contributed by atoms with Crippen molar-refractivity contribution in [1.29, 1.82) is 0 Å². The Morgan fingerprint density at radius 3 is 2.21 bits per heavy atom. The van der Waals surface area contributed by atoms with Gasteiger partial charge in [0, 0.05) is 13.1 Å². The normalized spacial score (nSPS) is 11.5. The van der Waals surface area contributed by atoms with Crippen molar-refractivity contribution in [2.75, 3.05) is 23.4 Å². The fourth-order valence-corrected chi connectivity index (χ4v) is 1.80. The van der Waals surface area contributed by atoms with Crippen LogP contribution in [0.1, 0.15) is 32.3 Å². The zero-order valence-corrected chi connectivity index (χ0v) is 11.1. The first-order valence-electron chi connectivity index (χ1n) is 6.23. The topological polar surface area (TPSA) is 54.2 Å². The van der Waals surface area contributed by atoms with Gasteiger partial charge in [0.2, 0.25) is 0 Å². The van der Waals surface area contributed by atoms with Crippen molar-refractivity contribution in [3.63, 3.8) is 0 Å². The SMILES string of the molecule is CCCN(CCC)c1cc(C(F)(F)F)cc(NN)n1. The Kier molecular flexibility index (Phi) is 5.41. The van der Waals surface area contributed by atoms with E-state index in [-0.39, 0.29) is 5.82 Å². The first-order chi connectivity index (χ1) is 8.92. The predicted octanol–water partition coefficient (Wildman–Crippen LogP) is 3.01. The molecule has 0 amide bonds. The molecule has 1 aromatic heterocycles.